The lowest BCUT2D eigenvalue weighted by Crippen LogP contribution is -2.23. The SMILES string of the molecule is CC/C=C\CCCC/C=C\C/C=C\C/C=C\C/C=C\CC(=O)OC(C)(C)C. The quantitative estimate of drug-likeness (QED) is 0.178. The lowest BCUT2D eigenvalue weighted by Gasteiger charge is -2.18. The topological polar surface area (TPSA) is 26.3 Å². The monoisotopic (exact) mass is 372 g/mol. The van der Waals surface area contributed by atoms with Crippen molar-refractivity contribution in [2.24, 2.45) is 0 Å². The summed E-state index contributed by atoms with van der Waals surface area (Å²) in [5.41, 5.74) is -0.405. The van der Waals surface area contributed by atoms with Crippen molar-refractivity contribution in [3.05, 3.63) is 60.8 Å². The Morgan fingerprint density at radius 1 is 0.704 bits per heavy atom. The Labute approximate surface area is 167 Å². The molecule has 0 aliphatic rings. The zero-order valence-corrected chi connectivity index (χ0v) is 18.0. The molecule has 0 aromatic rings. The standard InChI is InChI=1S/C25H40O2/c1-5-6-7-8-9-10-11-12-13-14-15-16-17-18-19-20-21-22-23-24(26)27-25(2,3)4/h6-7,12-13,15-16,18-19,21-22H,5,8-11,14,17,20,23H2,1-4H3/b7-6-,13-12-,16-15-,19-18-,22-21-. The number of hydrogen-bond acceptors (Lipinski definition) is 2. The molecular weight excluding hydrogens is 332 g/mol. The molecule has 0 saturated carbocycles. The minimum atomic E-state index is -0.405. The van der Waals surface area contributed by atoms with Crippen LogP contribution < -0.4 is 0 Å². The maximum Gasteiger partial charge on any atom is 0.310 e. The molecule has 0 fully saturated rings. The number of esters is 1. The van der Waals surface area contributed by atoms with E-state index in [-0.39, 0.29) is 5.97 Å². The van der Waals surface area contributed by atoms with Crippen LogP contribution >= 0.6 is 0 Å². The first-order chi connectivity index (χ1) is 13.0. The number of hydrogen-bond donors (Lipinski definition) is 0. The Kier molecular flexibility index (Phi) is 16.4. The molecule has 0 aromatic carbocycles. The van der Waals surface area contributed by atoms with Gasteiger partial charge in [-0.2, -0.15) is 0 Å². The molecule has 27 heavy (non-hydrogen) atoms. The van der Waals surface area contributed by atoms with Crippen molar-refractivity contribution >= 4 is 5.97 Å². The van der Waals surface area contributed by atoms with Crippen molar-refractivity contribution in [1.82, 2.24) is 0 Å². The fourth-order valence-electron chi connectivity index (χ4n) is 2.30. The van der Waals surface area contributed by atoms with E-state index < -0.39 is 5.60 Å². The molecule has 0 aliphatic carbocycles. The van der Waals surface area contributed by atoms with Crippen LogP contribution in [0.15, 0.2) is 60.8 Å². The number of carbonyl (C=O) groups is 1. The van der Waals surface area contributed by atoms with Crippen LogP contribution in [0, 0.1) is 0 Å². The predicted octanol–water partition coefficient (Wildman–Crippen LogP) is 7.64. The normalized spacial score (nSPS) is 13.2. The van der Waals surface area contributed by atoms with Gasteiger partial charge in [-0.05, 0) is 72.1 Å². The Morgan fingerprint density at radius 3 is 1.63 bits per heavy atom. The Morgan fingerprint density at radius 2 is 1.15 bits per heavy atom. The van der Waals surface area contributed by atoms with Crippen molar-refractivity contribution in [2.45, 2.75) is 91.1 Å². The van der Waals surface area contributed by atoms with E-state index in [1.807, 2.05) is 32.9 Å². The van der Waals surface area contributed by atoms with Gasteiger partial charge in [0.25, 0.3) is 0 Å². The van der Waals surface area contributed by atoms with E-state index in [0.717, 1.165) is 25.7 Å². The lowest BCUT2D eigenvalue weighted by atomic mass is 10.1. The molecule has 0 aliphatic heterocycles. The van der Waals surface area contributed by atoms with Gasteiger partial charge in [0, 0.05) is 0 Å². The van der Waals surface area contributed by atoms with E-state index in [1.165, 1.54) is 25.7 Å². The van der Waals surface area contributed by atoms with Crippen LogP contribution in [0.1, 0.15) is 85.5 Å². The van der Waals surface area contributed by atoms with Crippen LogP contribution in [-0.4, -0.2) is 11.6 Å². The first kappa shape index (κ1) is 25.2. The molecule has 0 atom stereocenters. The summed E-state index contributed by atoms with van der Waals surface area (Å²) in [6, 6.07) is 0. The summed E-state index contributed by atoms with van der Waals surface area (Å²) in [5, 5.41) is 0. The van der Waals surface area contributed by atoms with E-state index in [4.69, 9.17) is 4.74 Å². The highest BCUT2D eigenvalue weighted by Gasteiger charge is 2.14. The summed E-state index contributed by atoms with van der Waals surface area (Å²) in [6.07, 6.45) is 30.9. The molecule has 0 amide bonds. The number of ether oxygens (including phenoxy) is 1. The molecule has 0 heterocycles. The van der Waals surface area contributed by atoms with Gasteiger partial charge in [-0.15, -0.1) is 0 Å². The molecular formula is C25H40O2. The van der Waals surface area contributed by atoms with Gasteiger partial charge in [-0.1, -0.05) is 67.7 Å². The summed E-state index contributed by atoms with van der Waals surface area (Å²) in [4.78, 5) is 11.5. The molecule has 0 aromatic heterocycles. The number of allylic oxidation sites excluding steroid dienone is 9. The van der Waals surface area contributed by atoms with Gasteiger partial charge in [0.2, 0.25) is 0 Å². The zero-order valence-electron chi connectivity index (χ0n) is 18.0. The average Bonchev–Trinajstić information content (AvgIpc) is 2.59. The molecule has 0 spiro atoms. The van der Waals surface area contributed by atoms with Gasteiger partial charge < -0.3 is 4.74 Å². The molecule has 2 nitrogen and oxygen atoms in total. The summed E-state index contributed by atoms with van der Waals surface area (Å²) in [5.74, 6) is -0.174. The average molecular weight is 373 g/mol. The highest BCUT2D eigenvalue weighted by Crippen LogP contribution is 2.08. The third-order valence-electron chi connectivity index (χ3n) is 3.58. The fraction of sp³-hybridized carbons (Fsp3) is 0.560. The van der Waals surface area contributed by atoms with Crippen LogP contribution in [0.4, 0.5) is 0 Å². The molecule has 152 valence electrons. The molecule has 0 rings (SSSR count). The number of carbonyl (C=O) groups excluding carboxylic acids is 1. The van der Waals surface area contributed by atoms with Crippen LogP contribution in [-0.2, 0) is 9.53 Å². The Bertz CT molecular complexity index is 499. The van der Waals surface area contributed by atoms with Crippen LogP contribution in [0.5, 0.6) is 0 Å². The second-order valence-corrected chi connectivity index (χ2v) is 7.55. The molecule has 0 bridgehead atoms. The third-order valence-corrected chi connectivity index (χ3v) is 3.58. The van der Waals surface area contributed by atoms with Gasteiger partial charge in [-0.3, -0.25) is 4.79 Å². The van der Waals surface area contributed by atoms with Gasteiger partial charge in [-0.25, -0.2) is 0 Å². The minimum absolute atomic E-state index is 0.174. The highest BCUT2D eigenvalue weighted by atomic mass is 16.6. The van der Waals surface area contributed by atoms with Gasteiger partial charge >= 0.3 is 5.97 Å². The Hall–Kier alpha value is -1.83. The minimum Gasteiger partial charge on any atom is -0.460 e. The summed E-state index contributed by atoms with van der Waals surface area (Å²) >= 11 is 0. The second-order valence-electron chi connectivity index (χ2n) is 7.55. The maximum absolute atomic E-state index is 11.5. The van der Waals surface area contributed by atoms with Gasteiger partial charge in [0.05, 0.1) is 6.42 Å². The molecule has 2 heteroatoms. The zero-order chi connectivity index (χ0) is 20.2. The van der Waals surface area contributed by atoms with Crippen molar-refractivity contribution < 1.29 is 9.53 Å². The first-order valence-electron chi connectivity index (χ1n) is 10.4. The van der Waals surface area contributed by atoms with Crippen LogP contribution in [0.25, 0.3) is 0 Å². The van der Waals surface area contributed by atoms with Gasteiger partial charge in [0.1, 0.15) is 5.60 Å². The largest absolute Gasteiger partial charge is 0.460 e. The second kappa shape index (κ2) is 17.6. The highest BCUT2D eigenvalue weighted by molar-refractivity contribution is 5.71. The van der Waals surface area contributed by atoms with Crippen molar-refractivity contribution in [2.75, 3.05) is 0 Å². The van der Waals surface area contributed by atoms with E-state index in [1.54, 1.807) is 0 Å². The number of unbranched alkanes of at least 4 members (excludes halogenated alkanes) is 3. The van der Waals surface area contributed by atoms with Crippen LogP contribution in [0.3, 0.4) is 0 Å². The van der Waals surface area contributed by atoms with E-state index in [2.05, 4.69) is 55.5 Å². The smallest absolute Gasteiger partial charge is 0.310 e. The Balaban J connectivity index is 3.57. The van der Waals surface area contributed by atoms with Crippen LogP contribution in [0.2, 0.25) is 0 Å². The van der Waals surface area contributed by atoms with E-state index >= 15 is 0 Å². The predicted molar refractivity (Wildman–Crippen MR) is 119 cm³/mol. The molecule has 0 unspecified atom stereocenters. The van der Waals surface area contributed by atoms with Gasteiger partial charge in [0.15, 0.2) is 0 Å². The van der Waals surface area contributed by atoms with E-state index in [0.29, 0.717) is 6.42 Å². The van der Waals surface area contributed by atoms with E-state index in [9.17, 15) is 4.79 Å². The van der Waals surface area contributed by atoms with Crippen molar-refractivity contribution in [1.29, 1.82) is 0 Å². The van der Waals surface area contributed by atoms with Crippen molar-refractivity contribution in [3.8, 4) is 0 Å². The summed E-state index contributed by atoms with van der Waals surface area (Å²) in [7, 11) is 0. The maximum atomic E-state index is 11.5. The molecule has 0 saturated heterocycles. The third kappa shape index (κ3) is 22.1. The lowest BCUT2D eigenvalue weighted by molar-refractivity contribution is -0.153. The number of rotatable bonds is 14. The summed E-state index contributed by atoms with van der Waals surface area (Å²) < 4.78 is 5.25. The molecule has 0 radical (unpaired) electrons. The first-order valence-corrected chi connectivity index (χ1v) is 10.4. The molecule has 0 N–H and O–H groups in total. The summed E-state index contributed by atoms with van der Waals surface area (Å²) in [6.45, 7) is 7.82. The fourth-order valence-corrected chi connectivity index (χ4v) is 2.30. The van der Waals surface area contributed by atoms with Crippen molar-refractivity contribution in [3.63, 3.8) is 0 Å².